The summed E-state index contributed by atoms with van der Waals surface area (Å²) in [6.07, 6.45) is 79.3. The molecule has 6 heteroatoms. The molecule has 0 aromatic heterocycles. The van der Waals surface area contributed by atoms with Gasteiger partial charge in [-0.2, -0.15) is 0 Å². The molecule has 0 aromatic carbocycles. The van der Waals surface area contributed by atoms with E-state index in [9.17, 15) is 14.4 Å². The van der Waals surface area contributed by atoms with Crippen LogP contribution in [0.15, 0.2) is 109 Å². The Hall–Kier alpha value is -3.93. The van der Waals surface area contributed by atoms with Crippen LogP contribution in [0.4, 0.5) is 0 Å². The molecule has 0 radical (unpaired) electrons. The first kappa shape index (κ1) is 67.1. The monoisotopic (exact) mass is 985 g/mol. The van der Waals surface area contributed by atoms with Gasteiger partial charge in [0.05, 0.1) is 0 Å². The maximum Gasteiger partial charge on any atom is 0.306 e. The summed E-state index contributed by atoms with van der Waals surface area (Å²) in [4.78, 5) is 38.2. The van der Waals surface area contributed by atoms with Crippen LogP contribution in [0.2, 0.25) is 0 Å². The van der Waals surface area contributed by atoms with Gasteiger partial charge in [-0.15, -0.1) is 0 Å². The van der Waals surface area contributed by atoms with Gasteiger partial charge < -0.3 is 14.2 Å². The fourth-order valence-electron chi connectivity index (χ4n) is 7.82. The van der Waals surface area contributed by atoms with Crippen LogP contribution in [0.25, 0.3) is 0 Å². The Kier molecular flexibility index (Phi) is 55.4. The molecule has 1 atom stereocenters. The molecule has 0 aliphatic carbocycles. The minimum Gasteiger partial charge on any atom is -0.462 e. The van der Waals surface area contributed by atoms with Crippen molar-refractivity contribution in [2.24, 2.45) is 0 Å². The summed E-state index contributed by atoms with van der Waals surface area (Å²) in [5.41, 5.74) is 0. The molecule has 0 aliphatic heterocycles. The van der Waals surface area contributed by atoms with E-state index in [-0.39, 0.29) is 37.5 Å². The molecule has 0 saturated carbocycles. The number of hydrogen-bond acceptors (Lipinski definition) is 6. The molecule has 0 bridgehead atoms. The van der Waals surface area contributed by atoms with E-state index in [1.807, 2.05) is 0 Å². The Morgan fingerprint density at radius 3 is 0.873 bits per heavy atom. The fraction of sp³-hybridized carbons (Fsp3) is 0.677. The number of allylic oxidation sites excluding steroid dienone is 18. The molecule has 6 nitrogen and oxygen atoms in total. The molecule has 0 aromatic rings. The van der Waals surface area contributed by atoms with Crippen LogP contribution in [0.1, 0.15) is 265 Å². The third kappa shape index (κ3) is 56.9. The first-order valence-electron chi connectivity index (χ1n) is 29.4. The lowest BCUT2D eigenvalue weighted by molar-refractivity contribution is -0.167. The second-order valence-corrected chi connectivity index (χ2v) is 19.2. The summed E-state index contributed by atoms with van der Waals surface area (Å²) < 4.78 is 16.8. The lowest BCUT2D eigenvalue weighted by Crippen LogP contribution is -2.30. The summed E-state index contributed by atoms with van der Waals surface area (Å²) in [7, 11) is 0. The zero-order valence-corrected chi connectivity index (χ0v) is 46.2. The molecule has 71 heavy (non-hydrogen) atoms. The van der Waals surface area contributed by atoms with E-state index in [0.29, 0.717) is 12.8 Å². The van der Waals surface area contributed by atoms with Crippen LogP contribution in [-0.4, -0.2) is 37.2 Å². The smallest absolute Gasteiger partial charge is 0.306 e. The first-order valence-corrected chi connectivity index (χ1v) is 29.4. The third-order valence-electron chi connectivity index (χ3n) is 12.2. The SMILES string of the molecule is CC/C=C\C/C=C\C/C=C\CCCCCCCC(=O)OC[C@H](COC(=O)CCCCCCCCCCC/C=C\C/C=C\CCCCC)OC(=O)CCCCC/C=C\C/C=C\C/C=C\C/C=C\CCCCC. The van der Waals surface area contributed by atoms with Crippen molar-refractivity contribution in [3.05, 3.63) is 109 Å². The number of carbonyl (C=O) groups is 3. The van der Waals surface area contributed by atoms with Gasteiger partial charge in [0.1, 0.15) is 13.2 Å². The summed E-state index contributed by atoms with van der Waals surface area (Å²) in [6.45, 7) is 6.44. The molecule has 0 amide bonds. The van der Waals surface area contributed by atoms with Crippen LogP contribution in [0.5, 0.6) is 0 Å². The number of carbonyl (C=O) groups excluding carboxylic acids is 3. The van der Waals surface area contributed by atoms with Crippen molar-refractivity contribution in [3.8, 4) is 0 Å². The van der Waals surface area contributed by atoms with Crippen molar-refractivity contribution in [1.29, 1.82) is 0 Å². The second-order valence-electron chi connectivity index (χ2n) is 19.2. The minimum absolute atomic E-state index is 0.100. The Balaban J connectivity index is 4.48. The lowest BCUT2D eigenvalue weighted by atomic mass is 10.1. The summed E-state index contributed by atoms with van der Waals surface area (Å²) >= 11 is 0. The standard InChI is InChI=1S/C65H108O6/c1-4-7-10-13-16-19-22-25-28-30-32-34-37-40-43-46-49-52-55-58-64(67)70-61-62(60-69-63(66)57-54-51-48-45-42-39-36-27-24-21-18-15-12-9-6-3)71-65(68)59-56-53-50-47-44-41-38-35-33-31-29-26-23-20-17-14-11-8-5-2/h9,12,16-21,25-29,33,35-36,41,44,62H,4-8,10-11,13-15,22-24,30-32,34,37-40,42-43,45-61H2,1-3H3/b12-9-,19-16-,20-17-,21-18-,28-25-,29-26-,35-33-,36-27-,44-41-/t62-/m1/s1. The second kappa shape index (κ2) is 58.6. The minimum atomic E-state index is -0.807. The molecule has 0 unspecified atom stereocenters. The zero-order valence-electron chi connectivity index (χ0n) is 46.2. The Labute approximate surface area is 438 Å². The van der Waals surface area contributed by atoms with Crippen LogP contribution in [0, 0.1) is 0 Å². The maximum atomic E-state index is 12.9. The van der Waals surface area contributed by atoms with Crippen LogP contribution >= 0.6 is 0 Å². The van der Waals surface area contributed by atoms with E-state index in [2.05, 4.69) is 130 Å². The third-order valence-corrected chi connectivity index (χ3v) is 12.2. The van der Waals surface area contributed by atoms with E-state index >= 15 is 0 Å². The average Bonchev–Trinajstić information content (AvgIpc) is 3.37. The predicted molar refractivity (Wildman–Crippen MR) is 307 cm³/mol. The number of hydrogen-bond donors (Lipinski definition) is 0. The van der Waals surface area contributed by atoms with E-state index in [1.165, 1.54) is 96.3 Å². The molecule has 404 valence electrons. The van der Waals surface area contributed by atoms with Crippen molar-refractivity contribution >= 4 is 17.9 Å². The topological polar surface area (TPSA) is 78.9 Å². The first-order chi connectivity index (χ1) is 35.0. The molecule has 0 spiro atoms. The quantitative estimate of drug-likeness (QED) is 0.0261. The van der Waals surface area contributed by atoms with E-state index < -0.39 is 6.10 Å². The highest BCUT2D eigenvalue weighted by Gasteiger charge is 2.19. The number of unbranched alkanes of at least 4 members (excludes halogenated alkanes) is 23. The van der Waals surface area contributed by atoms with Gasteiger partial charge in [0.2, 0.25) is 0 Å². The molecule has 0 aliphatic rings. The van der Waals surface area contributed by atoms with Gasteiger partial charge in [-0.3, -0.25) is 14.4 Å². The maximum absolute atomic E-state index is 12.9. The normalized spacial score (nSPS) is 12.9. The molecule has 0 N–H and O–H groups in total. The number of ether oxygens (including phenoxy) is 3. The van der Waals surface area contributed by atoms with Crippen LogP contribution in [0.3, 0.4) is 0 Å². The van der Waals surface area contributed by atoms with Gasteiger partial charge in [-0.1, -0.05) is 226 Å². The van der Waals surface area contributed by atoms with Gasteiger partial charge in [0.25, 0.3) is 0 Å². The van der Waals surface area contributed by atoms with Crippen molar-refractivity contribution in [3.63, 3.8) is 0 Å². The molecule has 0 fully saturated rings. The van der Waals surface area contributed by atoms with E-state index in [0.717, 1.165) is 128 Å². The highest BCUT2D eigenvalue weighted by molar-refractivity contribution is 5.71. The molecular formula is C65H108O6. The van der Waals surface area contributed by atoms with Crippen molar-refractivity contribution in [1.82, 2.24) is 0 Å². The lowest BCUT2D eigenvalue weighted by Gasteiger charge is -2.18. The average molecular weight is 986 g/mol. The van der Waals surface area contributed by atoms with Crippen LogP contribution in [-0.2, 0) is 28.6 Å². The fourth-order valence-corrected chi connectivity index (χ4v) is 7.82. The molecule has 0 saturated heterocycles. The molecular weight excluding hydrogens is 877 g/mol. The Morgan fingerprint density at radius 1 is 0.296 bits per heavy atom. The molecule has 0 heterocycles. The van der Waals surface area contributed by atoms with Gasteiger partial charge in [-0.05, 0) is 128 Å². The number of esters is 3. The van der Waals surface area contributed by atoms with Crippen molar-refractivity contribution < 1.29 is 28.6 Å². The predicted octanol–water partition coefficient (Wildman–Crippen LogP) is 19.9. The largest absolute Gasteiger partial charge is 0.462 e. The Bertz CT molecular complexity index is 1460. The zero-order chi connectivity index (χ0) is 51.4. The molecule has 0 rings (SSSR count). The summed E-state index contributed by atoms with van der Waals surface area (Å²) in [6, 6.07) is 0. The highest BCUT2D eigenvalue weighted by atomic mass is 16.6. The summed E-state index contributed by atoms with van der Waals surface area (Å²) in [5.74, 6) is -0.951. The highest BCUT2D eigenvalue weighted by Crippen LogP contribution is 2.14. The summed E-state index contributed by atoms with van der Waals surface area (Å²) in [5, 5.41) is 0. The van der Waals surface area contributed by atoms with E-state index in [1.54, 1.807) is 0 Å². The van der Waals surface area contributed by atoms with Crippen molar-refractivity contribution in [2.75, 3.05) is 13.2 Å². The van der Waals surface area contributed by atoms with Gasteiger partial charge in [0, 0.05) is 19.3 Å². The number of rotatable bonds is 52. The van der Waals surface area contributed by atoms with Gasteiger partial charge in [-0.25, -0.2) is 0 Å². The van der Waals surface area contributed by atoms with Crippen molar-refractivity contribution in [2.45, 2.75) is 271 Å². The van der Waals surface area contributed by atoms with E-state index in [4.69, 9.17) is 14.2 Å². The van der Waals surface area contributed by atoms with Gasteiger partial charge in [0.15, 0.2) is 6.10 Å². The van der Waals surface area contributed by atoms with Crippen LogP contribution < -0.4 is 0 Å². The Morgan fingerprint density at radius 2 is 0.549 bits per heavy atom. The van der Waals surface area contributed by atoms with Gasteiger partial charge >= 0.3 is 17.9 Å².